The third kappa shape index (κ3) is 3.73. The van der Waals surface area contributed by atoms with Crippen molar-refractivity contribution in [1.29, 1.82) is 0 Å². The van der Waals surface area contributed by atoms with E-state index in [-0.39, 0.29) is 11.9 Å². The first-order valence-electron chi connectivity index (χ1n) is 5.58. The van der Waals surface area contributed by atoms with E-state index < -0.39 is 0 Å². The topological polar surface area (TPSA) is 41.1 Å². The van der Waals surface area contributed by atoms with Crippen LogP contribution >= 0.6 is 11.8 Å². The van der Waals surface area contributed by atoms with Gasteiger partial charge < -0.3 is 10.2 Å². The molecule has 0 amide bonds. The van der Waals surface area contributed by atoms with Gasteiger partial charge in [0.1, 0.15) is 0 Å². The van der Waals surface area contributed by atoms with E-state index in [9.17, 15) is 4.39 Å². The smallest absolute Gasteiger partial charge is 0.224 e. The molecule has 1 heterocycles. The number of aromatic nitrogens is 2. The first-order valence-corrected chi connectivity index (χ1v) is 6.97. The highest BCUT2D eigenvalue weighted by Crippen LogP contribution is 2.19. The van der Waals surface area contributed by atoms with Crippen LogP contribution in [0.4, 0.5) is 16.2 Å². The zero-order valence-electron chi connectivity index (χ0n) is 10.7. The molecule has 0 saturated carbocycles. The maximum atomic E-state index is 13.7. The quantitative estimate of drug-likeness (QED) is 0.847. The van der Waals surface area contributed by atoms with E-state index in [0.29, 0.717) is 11.8 Å². The maximum absolute atomic E-state index is 13.7. The molecule has 0 aliphatic rings. The van der Waals surface area contributed by atoms with Crippen LogP contribution in [0.2, 0.25) is 0 Å². The molecule has 1 atom stereocenters. The molecule has 96 valence electrons. The second-order valence-corrected chi connectivity index (χ2v) is 4.72. The van der Waals surface area contributed by atoms with E-state index in [4.69, 9.17) is 0 Å². The van der Waals surface area contributed by atoms with Crippen LogP contribution in [-0.4, -0.2) is 41.6 Å². The van der Waals surface area contributed by atoms with E-state index in [0.717, 1.165) is 12.3 Å². The van der Waals surface area contributed by atoms with Gasteiger partial charge in [0.05, 0.1) is 6.20 Å². The number of rotatable bonds is 6. The summed E-state index contributed by atoms with van der Waals surface area (Å²) in [6.07, 6.45) is 3.24. The lowest BCUT2D eigenvalue weighted by Gasteiger charge is -2.25. The van der Waals surface area contributed by atoms with Crippen LogP contribution in [0, 0.1) is 5.82 Å². The molecule has 4 nitrogen and oxygen atoms in total. The average molecular weight is 258 g/mol. The summed E-state index contributed by atoms with van der Waals surface area (Å²) in [5, 5.41) is 2.98. The second kappa shape index (κ2) is 6.64. The third-order valence-corrected chi connectivity index (χ3v) is 3.28. The lowest BCUT2D eigenvalue weighted by Crippen LogP contribution is -2.32. The number of thioether (sulfide) groups is 1. The Labute approximate surface area is 106 Å². The molecule has 0 aliphatic carbocycles. The first-order chi connectivity index (χ1) is 8.10. The molecule has 0 spiro atoms. The Morgan fingerprint density at radius 2 is 2.29 bits per heavy atom. The van der Waals surface area contributed by atoms with Gasteiger partial charge in [0.25, 0.3) is 0 Å². The average Bonchev–Trinajstić information content (AvgIpc) is 2.31. The van der Waals surface area contributed by atoms with Crippen molar-refractivity contribution in [3.8, 4) is 0 Å². The molecule has 1 N–H and O–H groups in total. The van der Waals surface area contributed by atoms with Crippen LogP contribution in [0.5, 0.6) is 0 Å². The van der Waals surface area contributed by atoms with Gasteiger partial charge in [0.2, 0.25) is 5.95 Å². The highest BCUT2D eigenvalue weighted by Gasteiger charge is 2.16. The van der Waals surface area contributed by atoms with E-state index >= 15 is 0 Å². The van der Waals surface area contributed by atoms with Gasteiger partial charge in [-0.1, -0.05) is 0 Å². The Morgan fingerprint density at radius 3 is 2.88 bits per heavy atom. The van der Waals surface area contributed by atoms with Gasteiger partial charge in [-0.2, -0.15) is 16.7 Å². The summed E-state index contributed by atoms with van der Waals surface area (Å²) in [6.45, 7) is 4.71. The van der Waals surface area contributed by atoms with Gasteiger partial charge in [-0.25, -0.2) is 9.37 Å². The Balaban J connectivity index is 2.90. The Morgan fingerprint density at radius 1 is 1.59 bits per heavy atom. The molecule has 0 saturated heterocycles. The molecule has 0 bridgehead atoms. The Kier molecular flexibility index (Phi) is 5.47. The van der Waals surface area contributed by atoms with Crippen LogP contribution < -0.4 is 10.2 Å². The molecule has 6 heteroatoms. The number of anilines is 2. The summed E-state index contributed by atoms with van der Waals surface area (Å²) in [6, 6.07) is 0.226. The summed E-state index contributed by atoms with van der Waals surface area (Å²) >= 11 is 1.73. The Hall–Kier alpha value is -1.04. The third-order valence-electron chi connectivity index (χ3n) is 2.46. The number of nitrogens with one attached hydrogen (secondary N) is 1. The normalized spacial score (nSPS) is 12.3. The van der Waals surface area contributed by atoms with E-state index in [1.165, 1.54) is 6.20 Å². The van der Waals surface area contributed by atoms with Crippen molar-refractivity contribution in [2.45, 2.75) is 19.9 Å². The predicted octanol–water partition coefficient (Wildman–Crippen LogP) is 2.24. The standard InChI is InChI=1S/C11H19FN4S/c1-5-13-11-14-6-9(12)10(15-11)16(3)8(2)7-17-4/h6,8H,5,7H2,1-4H3,(H,13,14,15). The largest absolute Gasteiger partial charge is 0.354 e. The van der Waals surface area contributed by atoms with Crippen molar-refractivity contribution in [3.63, 3.8) is 0 Å². The van der Waals surface area contributed by atoms with Gasteiger partial charge in [-0.3, -0.25) is 0 Å². The fourth-order valence-corrected chi connectivity index (χ4v) is 2.12. The number of hydrogen-bond acceptors (Lipinski definition) is 5. The monoisotopic (exact) mass is 258 g/mol. The maximum Gasteiger partial charge on any atom is 0.224 e. The van der Waals surface area contributed by atoms with Gasteiger partial charge in [-0.15, -0.1) is 0 Å². The molecule has 0 aliphatic heterocycles. The molecule has 17 heavy (non-hydrogen) atoms. The molecule has 0 aromatic carbocycles. The molecule has 0 fully saturated rings. The van der Waals surface area contributed by atoms with Gasteiger partial charge in [0, 0.05) is 25.4 Å². The molecule has 1 unspecified atom stereocenters. The predicted molar refractivity (Wildman–Crippen MR) is 72.4 cm³/mol. The van der Waals surface area contributed by atoms with E-state index in [1.807, 2.05) is 32.1 Å². The molecule has 1 aromatic heterocycles. The van der Waals surface area contributed by atoms with Crippen molar-refractivity contribution in [3.05, 3.63) is 12.0 Å². The zero-order chi connectivity index (χ0) is 12.8. The summed E-state index contributed by atoms with van der Waals surface area (Å²) in [7, 11) is 1.85. The number of halogens is 1. The van der Waals surface area contributed by atoms with Crippen molar-refractivity contribution in [2.24, 2.45) is 0 Å². The SMILES string of the molecule is CCNc1ncc(F)c(N(C)C(C)CSC)n1. The minimum atomic E-state index is -0.387. The Bertz CT molecular complexity index is 361. The van der Waals surface area contributed by atoms with Gasteiger partial charge in [-0.05, 0) is 20.1 Å². The zero-order valence-corrected chi connectivity index (χ0v) is 11.5. The molecular weight excluding hydrogens is 239 g/mol. The van der Waals surface area contributed by atoms with Crippen molar-refractivity contribution in [2.75, 3.05) is 35.8 Å². The number of hydrogen-bond donors (Lipinski definition) is 1. The lowest BCUT2D eigenvalue weighted by molar-refractivity contribution is 0.599. The lowest BCUT2D eigenvalue weighted by atomic mass is 10.3. The summed E-state index contributed by atoms with van der Waals surface area (Å²) in [5.41, 5.74) is 0. The summed E-state index contributed by atoms with van der Waals surface area (Å²) in [4.78, 5) is 9.91. The molecular formula is C11H19FN4S. The van der Waals surface area contributed by atoms with Crippen LogP contribution in [0.15, 0.2) is 6.20 Å². The fourth-order valence-electron chi connectivity index (χ4n) is 1.41. The highest BCUT2D eigenvalue weighted by atomic mass is 32.2. The summed E-state index contributed by atoms with van der Waals surface area (Å²) in [5.74, 6) is 1.35. The minimum absolute atomic E-state index is 0.226. The molecule has 0 radical (unpaired) electrons. The van der Waals surface area contributed by atoms with Gasteiger partial charge in [0.15, 0.2) is 11.6 Å². The van der Waals surface area contributed by atoms with Crippen LogP contribution in [0.3, 0.4) is 0 Å². The first kappa shape index (κ1) is 14.0. The second-order valence-electron chi connectivity index (χ2n) is 3.81. The van der Waals surface area contributed by atoms with Crippen molar-refractivity contribution >= 4 is 23.5 Å². The fraction of sp³-hybridized carbons (Fsp3) is 0.636. The van der Waals surface area contributed by atoms with E-state index in [1.54, 1.807) is 11.8 Å². The van der Waals surface area contributed by atoms with Crippen molar-refractivity contribution < 1.29 is 4.39 Å². The molecule has 1 rings (SSSR count). The summed E-state index contributed by atoms with van der Waals surface area (Å²) < 4.78 is 13.7. The van der Waals surface area contributed by atoms with Crippen LogP contribution in [0.25, 0.3) is 0 Å². The number of nitrogens with zero attached hydrogens (tertiary/aromatic N) is 3. The van der Waals surface area contributed by atoms with Gasteiger partial charge >= 0.3 is 0 Å². The minimum Gasteiger partial charge on any atom is -0.354 e. The van der Waals surface area contributed by atoms with Crippen LogP contribution in [-0.2, 0) is 0 Å². The highest BCUT2D eigenvalue weighted by molar-refractivity contribution is 7.98. The van der Waals surface area contributed by atoms with Crippen molar-refractivity contribution in [1.82, 2.24) is 9.97 Å². The van der Waals surface area contributed by atoms with Crippen LogP contribution in [0.1, 0.15) is 13.8 Å². The molecule has 1 aromatic rings. The van der Waals surface area contributed by atoms with E-state index in [2.05, 4.69) is 15.3 Å².